The van der Waals surface area contributed by atoms with E-state index in [-0.39, 0.29) is 6.61 Å². The van der Waals surface area contributed by atoms with Gasteiger partial charge in [0.05, 0.1) is 12.3 Å². The van der Waals surface area contributed by atoms with E-state index < -0.39 is 0 Å². The maximum absolute atomic E-state index is 9.23. The summed E-state index contributed by atoms with van der Waals surface area (Å²) >= 11 is 0. The van der Waals surface area contributed by atoms with Gasteiger partial charge >= 0.3 is 0 Å². The van der Waals surface area contributed by atoms with Crippen molar-refractivity contribution < 1.29 is 5.11 Å². The molecule has 110 valence electrons. The van der Waals surface area contributed by atoms with Crippen LogP contribution in [0.15, 0.2) is 42.6 Å². The van der Waals surface area contributed by atoms with Crippen LogP contribution in [0.4, 0.5) is 0 Å². The Balaban J connectivity index is 1.88. The maximum Gasteiger partial charge on any atom is 0.0853 e. The molecule has 1 atom stereocenters. The first-order valence-electron chi connectivity index (χ1n) is 7.68. The zero-order chi connectivity index (χ0) is 14.7. The number of aliphatic hydroxyl groups excluding tert-OH is 1. The smallest absolute Gasteiger partial charge is 0.0853 e. The highest BCUT2D eigenvalue weighted by Gasteiger charge is 2.19. The second kappa shape index (κ2) is 6.37. The van der Waals surface area contributed by atoms with Gasteiger partial charge in [-0.3, -0.25) is 9.88 Å². The lowest BCUT2D eigenvalue weighted by atomic mass is 9.99. The number of rotatable bonds is 4. The molecular weight excluding hydrogens is 260 g/mol. The minimum atomic E-state index is -0.0162. The van der Waals surface area contributed by atoms with Crippen molar-refractivity contribution in [1.29, 1.82) is 0 Å². The first-order valence-corrected chi connectivity index (χ1v) is 7.68. The quantitative estimate of drug-likeness (QED) is 0.933. The van der Waals surface area contributed by atoms with Crippen LogP contribution in [-0.2, 0) is 6.61 Å². The summed E-state index contributed by atoms with van der Waals surface area (Å²) in [4.78, 5) is 6.69. The first-order chi connectivity index (χ1) is 10.3. The molecule has 3 rings (SSSR count). The van der Waals surface area contributed by atoms with Gasteiger partial charge in [0, 0.05) is 12.2 Å². The van der Waals surface area contributed by atoms with Crippen molar-refractivity contribution in [2.45, 2.75) is 32.4 Å². The Kier molecular flexibility index (Phi) is 4.32. The zero-order valence-corrected chi connectivity index (χ0v) is 12.5. The number of pyridine rings is 1. The number of likely N-dealkylation sites (tertiary alicyclic amines) is 1. The summed E-state index contributed by atoms with van der Waals surface area (Å²) in [5.41, 5.74) is 4.38. The summed E-state index contributed by atoms with van der Waals surface area (Å²) in [6.07, 6.45) is 4.39. The predicted octanol–water partition coefficient (Wildman–Crippen LogP) is 3.40. The summed E-state index contributed by atoms with van der Waals surface area (Å²) in [7, 11) is 0. The number of benzene rings is 1. The van der Waals surface area contributed by atoms with E-state index in [1.54, 1.807) is 6.20 Å². The number of hydrogen-bond donors (Lipinski definition) is 1. The largest absolute Gasteiger partial charge is 0.390 e. The standard InChI is InChI=1S/C18H22N2O/c1-14(20-9-2-3-10-20)15-5-4-6-16(11-15)17-7-8-19-18(12-17)13-21/h4-8,11-12,14,21H,2-3,9-10,13H2,1H3/t14-/m1/s1. The van der Waals surface area contributed by atoms with E-state index in [0.717, 1.165) is 5.56 Å². The average molecular weight is 282 g/mol. The van der Waals surface area contributed by atoms with Crippen molar-refractivity contribution in [1.82, 2.24) is 9.88 Å². The molecule has 0 unspecified atom stereocenters. The van der Waals surface area contributed by atoms with Gasteiger partial charge in [-0.05, 0) is 67.7 Å². The van der Waals surface area contributed by atoms with Crippen LogP contribution in [0.5, 0.6) is 0 Å². The summed E-state index contributed by atoms with van der Waals surface area (Å²) in [6.45, 7) is 4.68. The van der Waals surface area contributed by atoms with E-state index >= 15 is 0 Å². The number of hydrogen-bond acceptors (Lipinski definition) is 3. The SMILES string of the molecule is C[C@H](c1cccc(-c2ccnc(CO)c2)c1)N1CCCC1. The Morgan fingerprint density at radius 2 is 1.90 bits per heavy atom. The van der Waals surface area contributed by atoms with Crippen LogP contribution in [0.1, 0.15) is 37.1 Å². The summed E-state index contributed by atoms with van der Waals surface area (Å²) in [5.74, 6) is 0. The third kappa shape index (κ3) is 3.14. The summed E-state index contributed by atoms with van der Waals surface area (Å²) < 4.78 is 0. The molecule has 0 aliphatic carbocycles. The van der Waals surface area contributed by atoms with Gasteiger partial charge in [-0.25, -0.2) is 0 Å². The van der Waals surface area contributed by atoms with Crippen molar-refractivity contribution in [3.05, 3.63) is 53.9 Å². The van der Waals surface area contributed by atoms with Gasteiger partial charge in [0.25, 0.3) is 0 Å². The molecule has 0 bridgehead atoms. The Bertz CT molecular complexity index is 606. The minimum absolute atomic E-state index is 0.0162. The highest BCUT2D eigenvalue weighted by molar-refractivity contribution is 5.64. The molecule has 1 N–H and O–H groups in total. The molecule has 3 heteroatoms. The first kappa shape index (κ1) is 14.2. The van der Waals surface area contributed by atoms with Gasteiger partial charge in [-0.1, -0.05) is 18.2 Å². The van der Waals surface area contributed by atoms with Gasteiger partial charge < -0.3 is 5.11 Å². The molecular formula is C18H22N2O. The second-order valence-corrected chi connectivity index (χ2v) is 5.74. The normalized spacial score (nSPS) is 17.0. The maximum atomic E-state index is 9.23. The Morgan fingerprint density at radius 3 is 2.67 bits per heavy atom. The molecule has 2 heterocycles. The molecule has 1 aliphatic heterocycles. The van der Waals surface area contributed by atoms with Crippen molar-refractivity contribution in [2.24, 2.45) is 0 Å². The van der Waals surface area contributed by atoms with E-state index in [1.807, 2.05) is 12.1 Å². The summed E-state index contributed by atoms with van der Waals surface area (Å²) in [5, 5.41) is 9.23. The molecule has 0 saturated carbocycles. The third-order valence-electron chi connectivity index (χ3n) is 4.37. The van der Waals surface area contributed by atoms with Crippen molar-refractivity contribution in [3.63, 3.8) is 0 Å². The molecule has 1 aromatic carbocycles. The van der Waals surface area contributed by atoms with E-state index in [2.05, 4.69) is 41.1 Å². The van der Waals surface area contributed by atoms with Crippen LogP contribution in [0, 0.1) is 0 Å². The fourth-order valence-corrected chi connectivity index (χ4v) is 3.06. The molecule has 1 aliphatic rings. The van der Waals surface area contributed by atoms with Crippen molar-refractivity contribution in [2.75, 3.05) is 13.1 Å². The molecule has 3 nitrogen and oxygen atoms in total. The lowest BCUT2D eigenvalue weighted by Gasteiger charge is -2.24. The molecule has 21 heavy (non-hydrogen) atoms. The van der Waals surface area contributed by atoms with Crippen LogP contribution in [0.3, 0.4) is 0 Å². The Morgan fingerprint density at radius 1 is 1.14 bits per heavy atom. The zero-order valence-electron chi connectivity index (χ0n) is 12.5. The second-order valence-electron chi connectivity index (χ2n) is 5.74. The van der Waals surface area contributed by atoms with Gasteiger partial charge in [0.1, 0.15) is 0 Å². The van der Waals surface area contributed by atoms with E-state index in [0.29, 0.717) is 11.7 Å². The van der Waals surface area contributed by atoms with Crippen molar-refractivity contribution >= 4 is 0 Å². The van der Waals surface area contributed by atoms with E-state index in [9.17, 15) is 5.11 Å². The average Bonchev–Trinajstić information content (AvgIpc) is 3.09. The Hall–Kier alpha value is -1.71. The van der Waals surface area contributed by atoms with Crippen molar-refractivity contribution in [3.8, 4) is 11.1 Å². The lowest BCUT2D eigenvalue weighted by Crippen LogP contribution is -2.23. The van der Waals surface area contributed by atoms with Crippen LogP contribution < -0.4 is 0 Å². The third-order valence-corrected chi connectivity index (χ3v) is 4.37. The Labute approximate surface area is 126 Å². The highest BCUT2D eigenvalue weighted by atomic mass is 16.3. The van der Waals surface area contributed by atoms with E-state index in [4.69, 9.17) is 0 Å². The number of aromatic nitrogens is 1. The fourth-order valence-electron chi connectivity index (χ4n) is 3.06. The highest BCUT2D eigenvalue weighted by Crippen LogP contribution is 2.28. The van der Waals surface area contributed by atoms with Crippen LogP contribution in [-0.4, -0.2) is 28.1 Å². The molecule has 1 saturated heterocycles. The lowest BCUT2D eigenvalue weighted by molar-refractivity contribution is 0.263. The molecule has 0 amide bonds. The molecule has 1 fully saturated rings. The van der Waals surface area contributed by atoms with Gasteiger partial charge in [0.15, 0.2) is 0 Å². The number of aliphatic hydroxyl groups is 1. The molecule has 0 spiro atoms. The monoisotopic (exact) mass is 282 g/mol. The van der Waals surface area contributed by atoms with Crippen LogP contribution in [0.25, 0.3) is 11.1 Å². The topological polar surface area (TPSA) is 36.4 Å². The van der Waals surface area contributed by atoms with Crippen LogP contribution >= 0.6 is 0 Å². The van der Waals surface area contributed by atoms with Gasteiger partial charge in [0.2, 0.25) is 0 Å². The van der Waals surface area contributed by atoms with Gasteiger partial charge in [-0.15, -0.1) is 0 Å². The van der Waals surface area contributed by atoms with Crippen LogP contribution in [0.2, 0.25) is 0 Å². The fraction of sp³-hybridized carbons (Fsp3) is 0.389. The predicted molar refractivity (Wildman–Crippen MR) is 84.8 cm³/mol. The minimum Gasteiger partial charge on any atom is -0.390 e. The molecule has 0 radical (unpaired) electrons. The number of nitrogens with zero attached hydrogens (tertiary/aromatic N) is 2. The molecule has 2 aromatic rings. The van der Waals surface area contributed by atoms with Gasteiger partial charge in [-0.2, -0.15) is 0 Å². The van der Waals surface area contributed by atoms with E-state index in [1.165, 1.54) is 37.1 Å². The summed E-state index contributed by atoms with van der Waals surface area (Å²) in [6, 6.07) is 13.1. The molecule has 1 aromatic heterocycles.